The van der Waals surface area contributed by atoms with E-state index in [1.54, 1.807) is 24.3 Å². The van der Waals surface area contributed by atoms with Gasteiger partial charge in [-0.1, -0.05) is 60.7 Å². The summed E-state index contributed by atoms with van der Waals surface area (Å²) in [6, 6.07) is 29.2. The lowest BCUT2D eigenvalue weighted by Gasteiger charge is -2.11. The van der Waals surface area contributed by atoms with E-state index in [2.05, 4.69) is 36.4 Å². The van der Waals surface area contributed by atoms with E-state index in [-0.39, 0.29) is 11.9 Å². The zero-order valence-electron chi connectivity index (χ0n) is 17.9. The fraction of sp³-hybridized carbons (Fsp3) is 0.0714. The van der Waals surface area contributed by atoms with Crippen molar-refractivity contribution in [1.29, 1.82) is 0 Å². The van der Waals surface area contributed by atoms with Crippen LogP contribution in [0.15, 0.2) is 91.0 Å². The van der Waals surface area contributed by atoms with E-state index >= 15 is 0 Å². The van der Waals surface area contributed by atoms with Crippen molar-refractivity contribution >= 4 is 34.4 Å². The monoisotopic (exact) mass is 422 g/mol. The van der Waals surface area contributed by atoms with Crippen molar-refractivity contribution in [2.24, 2.45) is 0 Å². The largest absolute Gasteiger partial charge is 0.465 e. The molecule has 0 saturated carbocycles. The van der Waals surface area contributed by atoms with Gasteiger partial charge in [0.1, 0.15) is 0 Å². The van der Waals surface area contributed by atoms with Gasteiger partial charge in [0.05, 0.1) is 25.3 Å². The first-order valence-electron chi connectivity index (χ1n) is 10.2. The highest BCUT2D eigenvalue weighted by molar-refractivity contribution is 5.97. The molecule has 4 aromatic carbocycles. The Morgan fingerprint density at radius 2 is 1.09 bits per heavy atom. The number of fused-ring (bicyclic) bond motifs is 1. The van der Waals surface area contributed by atoms with E-state index in [4.69, 9.17) is 9.47 Å². The van der Waals surface area contributed by atoms with E-state index in [1.165, 1.54) is 19.6 Å². The van der Waals surface area contributed by atoms with Gasteiger partial charge >= 0.3 is 11.9 Å². The molecule has 4 heteroatoms. The smallest absolute Gasteiger partial charge is 0.337 e. The third-order valence-electron chi connectivity index (χ3n) is 5.32. The Balaban J connectivity index is 1.81. The van der Waals surface area contributed by atoms with E-state index in [0.717, 1.165) is 27.6 Å². The van der Waals surface area contributed by atoms with Crippen molar-refractivity contribution in [3.8, 4) is 0 Å². The molecule has 32 heavy (non-hydrogen) atoms. The second kappa shape index (κ2) is 9.31. The summed E-state index contributed by atoms with van der Waals surface area (Å²) in [5.41, 5.74) is 4.95. The lowest BCUT2D eigenvalue weighted by atomic mass is 9.93. The number of rotatable bonds is 5. The summed E-state index contributed by atoms with van der Waals surface area (Å²) in [5.74, 6) is -0.736. The summed E-state index contributed by atoms with van der Waals surface area (Å²) in [6.45, 7) is 0. The highest BCUT2D eigenvalue weighted by atomic mass is 16.5. The molecule has 0 fully saturated rings. The fourth-order valence-corrected chi connectivity index (χ4v) is 3.59. The summed E-state index contributed by atoms with van der Waals surface area (Å²) < 4.78 is 9.60. The van der Waals surface area contributed by atoms with Gasteiger partial charge in [0.2, 0.25) is 0 Å². The molecule has 4 aromatic rings. The van der Waals surface area contributed by atoms with Crippen LogP contribution in [0.25, 0.3) is 22.4 Å². The summed E-state index contributed by atoms with van der Waals surface area (Å²) >= 11 is 0. The third kappa shape index (κ3) is 4.44. The molecular formula is C28H22O4. The van der Waals surface area contributed by atoms with Crippen LogP contribution in [0.3, 0.4) is 0 Å². The highest BCUT2D eigenvalue weighted by Crippen LogP contribution is 2.29. The van der Waals surface area contributed by atoms with Gasteiger partial charge in [-0.25, -0.2) is 9.59 Å². The fourth-order valence-electron chi connectivity index (χ4n) is 3.59. The second-order valence-electron chi connectivity index (χ2n) is 7.30. The number of carbonyl (C=O) groups is 2. The predicted octanol–water partition coefficient (Wildman–Crippen LogP) is 6.00. The third-order valence-corrected chi connectivity index (χ3v) is 5.32. The summed E-state index contributed by atoms with van der Waals surface area (Å²) in [5, 5.41) is 2.31. The first-order valence-corrected chi connectivity index (χ1v) is 10.2. The van der Waals surface area contributed by atoms with Crippen molar-refractivity contribution in [3.63, 3.8) is 0 Å². The van der Waals surface area contributed by atoms with Crippen LogP contribution >= 0.6 is 0 Å². The van der Waals surface area contributed by atoms with Gasteiger partial charge in [0.15, 0.2) is 0 Å². The molecule has 158 valence electrons. The van der Waals surface area contributed by atoms with Crippen LogP contribution in [0, 0.1) is 0 Å². The minimum absolute atomic E-state index is 0.367. The zero-order chi connectivity index (χ0) is 22.5. The number of carbonyl (C=O) groups excluding carboxylic acids is 2. The normalized spacial score (nSPS) is 11.2. The topological polar surface area (TPSA) is 52.6 Å². The SMILES string of the molecule is COC(=O)c1ccc(/C=C(\c2ccc(C(=O)OC)cc2)c2ccc3ccccc3c2)cc1. The number of esters is 2. The van der Waals surface area contributed by atoms with E-state index < -0.39 is 0 Å². The molecule has 0 spiro atoms. The van der Waals surface area contributed by atoms with Crippen LogP contribution in [0.2, 0.25) is 0 Å². The van der Waals surface area contributed by atoms with Gasteiger partial charge in [0.25, 0.3) is 0 Å². The lowest BCUT2D eigenvalue weighted by Crippen LogP contribution is -2.01. The molecule has 0 N–H and O–H groups in total. The molecule has 0 aromatic heterocycles. The summed E-state index contributed by atoms with van der Waals surface area (Å²) in [6.07, 6.45) is 2.07. The van der Waals surface area contributed by atoms with Gasteiger partial charge in [-0.05, 0) is 69.4 Å². The minimum atomic E-state index is -0.369. The number of benzene rings is 4. The number of hydrogen-bond acceptors (Lipinski definition) is 4. The van der Waals surface area contributed by atoms with Crippen LogP contribution < -0.4 is 0 Å². The molecule has 0 bridgehead atoms. The van der Waals surface area contributed by atoms with Gasteiger partial charge in [-0.3, -0.25) is 0 Å². The maximum atomic E-state index is 11.8. The molecule has 0 amide bonds. The second-order valence-corrected chi connectivity index (χ2v) is 7.30. The minimum Gasteiger partial charge on any atom is -0.465 e. The van der Waals surface area contributed by atoms with Crippen LogP contribution in [0.4, 0.5) is 0 Å². The summed E-state index contributed by atoms with van der Waals surface area (Å²) in [4.78, 5) is 23.6. The molecule has 4 rings (SSSR count). The number of ether oxygens (including phenoxy) is 2. The van der Waals surface area contributed by atoms with Gasteiger partial charge in [0, 0.05) is 0 Å². The van der Waals surface area contributed by atoms with Crippen molar-refractivity contribution in [3.05, 3.63) is 119 Å². The maximum Gasteiger partial charge on any atom is 0.337 e. The predicted molar refractivity (Wildman–Crippen MR) is 126 cm³/mol. The number of methoxy groups -OCH3 is 2. The average molecular weight is 422 g/mol. The first-order chi connectivity index (χ1) is 15.6. The van der Waals surface area contributed by atoms with Gasteiger partial charge < -0.3 is 9.47 Å². The van der Waals surface area contributed by atoms with Crippen molar-refractivity contribution in [2.45, 2.75) is 0 Å². The molecule has 0 aliphatic rings. The standard InChI is InChI=1S/C28H22O4/c1-31-27(29)22-9-7-19(8-10-22)17-26(21-12-14-23(15-13-21)28(30)32-2)25-16-11-20-5-3-4-6-24(20)18-25/h3-18H,1-2H3/b26-17+. The summed E-state index contributed by atoms with van der Waals surface area (Å²) in [7, 11) is 2.74. The van der Waals surface area contributed by atoms with Crippen LogP contribution in [0.1, 0.15) is 37.4 Å². The number of hydrogen-bond donors (Lipinski definition) is 0. The van der Waals surface area contributed by atoms with Crippen LogP contribution in [-0.4, -0.2) is 26.2 Å². The molecule has 0 saturated heterocycles. The Labute approximate surface area is 186 Å². The van der Waals surface area contributed by atoms with Gasteiger partial charge in [-0.2, -0.15) is 0 Å². The van der Waals surface area contributed by atoms with Crippen molar-refractivity contribution in [1.82, 2.24) is 0 Å². The average Bonchev–Trinajstić information content (AvgIpc) is 2.86. The molecule has 0 aliphatic heterocycles. The Morgan fingerprint density at radius 3 is 1.69 bits per heavy atom. The maximum absolute atomic E-state index is 11.8. The van der Waals surface area contributed by atoms with E-state index in [0.29, 0.717) is 11.1 Å². The molecular weight excluding hydrogens is 400 g/mol. The molecule has 0 unspecified atom stereocenters. The quantitative estimate of drug-likeness (QED) is 0.292. The molecule has 4 nitrogen and oxygen atoms in total. The lowest BCUT2D eigenvalue weighted by molar-refractivity contribution is 0.0592. The van der Waals surface area contributed by atoms with Crippen LogP contribution in [0.5, 0.6) is 0 Å². The zero-order valence-corrected chi connectivity index (χ0v) is 17.9. The Hall–Kier alpha value is -4.18. The molecule has 0 radical (unpaired) electrons. The molecule has 0 atom stereocenters. The molecule has 0 heterocycles. The molecule has 0 aliphatic carbocycles. The first kappa shape index (κ1) is 21.1. The van der Waals surface area contributed by atoms with Crippen LogP contribution in [-0.2, 0) is 9.47 Å². The van der Waals surface area contributed by atoms with E-state index in [1.807, 2.05) is 36.4 Å². The van der Waals surface area contributed by atoms with Crippen molar-refractivity contribution in [2.75, 3.05) is 14.2 Å². The van der Waals surface area contributed by atoms with E-state index in [9.17, 15) is 9.59 Å². The van der Waals surface area contributed by atoms with Gasteiger partial charge in [-0.15, -0.1) is 0 Å². The Kier molecular flexibility index (Phi) is 6.13. The van der Waals surface area contributed by atoms with Crippen molar-refractivity contribution < 1.29 is 19.1 Å². The Bertz CT molecular complexity index is 1300. The highest BCUT2D eigenvalue weighted by Gasteiger charge is 2.10. The Morgan fingerprint density at radius 1 is 0.594 bits per heavy atom.